The van der Waals surface area contributed by atoms with Gasteiger partial charge in [0, 0.05) is 13.1 Å². The number of ether oxygens (including phenoxy) is 2. The third-order valence-electron chi connectivity index (χ3n) is 3.75. The summed E-state index contributed by atoms with van der Waals surface area (Å²) in [6.45, 7) is 2.24. The Kier molecular flexibility index (Phi) is 6.33. The molecule has 1 N–H and O–H groups in total. The molecule has 1 aliphatic heterocycles. The number of nitrogens with one attached hydrogen (secondary N) is 1. The van der Waals surface area contributed by atoms with Crippen LogP contribution in [0.5, 0.6) is 6.01 Å². The molecule has 0 aliphatic carbocycles. The van der Waals surface area contributed by atoms with Crippen molar-refractivity contribution in [1.29, 1.82) is 0 Å². The number of halogens is 2. The maximum atomic E-state index is 12.5. The Hall–Kier alpha value is -1.72. The van der Waals surface area contributed by atoms with E-state index in [2.05, 4.69) is 19.7 Å². The molecule has 146 valence electrons. The molecule has 0 saturated carbocycles. The van der Waals surface area contributed by atoms with Gasteiger partial charge < -0.3 is 14.4 Å². The Labute approximate surface area is 166 Å². The number of methoxy groups -OCH3 is 1. The molecule has 1 aliphatic rings. The summed E-state index contributed by atoms with van der Waals surface area (Å²) >= 11 is 11.7. The fourth-order valence-electron chi connectivity index (χ4n) is 2.35. The van der Waals surface area contributed by atoms with Gasteiger partial charge in [-0.1, -0.05) is 23.2 Å². The van der Waals surface area contributed by atoms with E-state index in [1.165, 1.54) is 25.3 Å². The average Bonchev–Trinajstić information content (AvgIpc) is 2.69. The summed E-state index contributed by atoms with van der Waals surface area (Å²) in [6, 6.07) is 4.17. The van der Waals surface area contributed by atoms with Crippen LogP contribution in [0.15, 0.2) is 23.1 Å². The van der Waals surface area contributed by atoms with Crippen molar-refractivity contribution >= 4 is 39.2 Å². The first-order valence-electron chi connectivity index (χ1n) is 7.95. The van der Waals surface area contributed by atoms with Crippen molar-refractivity contribution in [1.82, 2.24) is 19.7 Å². The molecule has 27 heavy (non-hydrogen) atoms. The highest BCUT2D eigenvalue weighted by Crippen LogP contribution is 2.24. The van der Waals surface area contributed by atoms with Gasteiger partial charge in [0.25, 0.3) is 0 Å². The summed E-state index contributed by atoms with van der Waals surface area (Å²) in [4.78, 5) is 14.6. The molecular formula is C15H17Cl2N5O4S. The van der Waals surface area contributed by atoms with Crippen LogP contribution >= 0.6 is 23.2 Å². The van der Waals surface area contributed by atoms with Gasteiger partial charge in [-0.05, 0) is 18.2 Å². The van der Waals surface area contributed by atoms with E-state index in [0.29, 0.717) is 32.3 Å². The van der Waals surface area contributed by atoms with E-state index in [1.54, 1.807) is 0 Å². The molecule has 1 fully saturated rings. The molecule has 0 radical (unpaired) electrons. The molecule has 1 saturated heterocycles. The van der Waals surface area contributed by atoms with E-state index in [4.69, 9.17) is 32.7 Å². The normalized spacial score (nSPS) is 15.0. The van der Waals surface area contributed by atoms with E-state index in [0.717, 1.165) is 0 Å². The minimum atomic E-state index is -3.82. The standard InChI is InChI=1S/C15H17Cl2N5O4S/c1-25-15-20-13(19-14(21-15)22-4-6-26-7-5-22)9-18-27(23,24)10-2-3-11(16)12(17)8-10/h2-3,8,18H,4-7,9H2,1H3. The summed E-state index contributed by atoms with van der Waals surface area (Å²) < 4.78 is 37.8. The van der Waals surface area contributed by atoms with E-state index in [1.807, 2.05) is 4.90 Å². The fourth-order valence-corrected chi connectivity index (χ4v) is 3.72. The molecule has 0 atom stereocenters. The van der Waals surface area contributed by atoms with Gasteiger partial charge in [0.05, 0.1) is 41.8 Å². The number of anilines is 1. The summed E-state index contributed by atoms with van der Waals surface area (Å²) in [5.41, 5.74) is 0. The number of hydrogen-bond acceptors (Lipinski definition) is 8. The molecule has 12 heteroatoms. The number of morpholine rings is 1. The lowest BCUT2D eigenvalue weighted by molar-refractivity contribution is 0.122. The zero-order valence-corrected chi connectivity index (χ0v) is 16.7. The highest BCUT2D eigenvalue weighted by molar-refractivity contribution is 7.89. The van der Waals surface area contributed by atoms with Gasteiger partial charge in [0.1, 0.15) is 0 Å². The Morgan fingerprint density at radius 3 is 2.59 bits per heavy atom. The van der Waals surface area contributed by atoms with Crippen molar-refractivity contribution in [3.05, 3.63) is 34.1 Å². The van der Waals surface area contributed by atoms with Crippen molar-refractivity contribution in [2.75, 3.05) is 38.3 Å². The van der Waals surface area contributed by atoms with Crippen molar-refractivity contribution in [2.24, 2.45) is 0 Å². The van der Waals surface area contributed by atoms with Crippen LogP contribution in [0.1, 0.15) is 5.82 Å². The Balaban J connectivity index is 1.79. The third-order valence-corrected chi connectivity index (χ3v) is 5.89. The van der Waals surface area contributed by atoms with E-state index in [-0.39, 0.29) is 33.3 Å². The predicted octanol–water partition coefficient (Wildman–Crippen LogP) is 1.50. The molecule has 1 aromatic carbocycles. The molecule has 3 rings (SSSR count). The van der Waals surface area contributed by atoms with Crippen LogP contribution in [0.25, 0.3) is 0 Å². The van der Waals surface area contributed by atoms with Crippen LogP contribution in [-0.4, -0.2) is 56.8 Å². The summed E-state index contributed by atoms with van der Waals surface area (Å²) in [7, 11) is -2.39. The summed E-state index contributed by atoms with van der Waals surface area (Å²) in [5, 5.41) is 0.420. The van der Waals surface area contributed by atoms with Crippen LogP contribution in [0.3, 0.4) is 0 Å². The maximum Gasteiger partial charge on any atom is 0.321 e. The molecular weight excluding hydrogens is 417 g/mol. The van der Waals surface area contributed by atoms with Crippen LogP contribution in [0, 0.1) is 0 Å². The largest absolute Gasteiger partial charge is 0.467 e. The van der Waals surface area contributed by atoms with E-state index >= 15 is 0 Å². The highest BCUT2D eigenvalue weighted by atomic mass is 35.5. The molecule has 0 bridgehead atoms. The van der Waals surface area contributed by atoms with Crippen LogP contribution in [-0.2, 0) is 21.3 Å². The van der Waals surface area contributed by atoms with Gasteiger partial charge >= 0.3 is 6.01 Å². The minimum absolute atomic E-state index is 0.00803. The summed E-state index contributed by atoms with van der Waals surface area (Å²) in [5.74, 6) is 0.640. The van der Waals surface area contributed by atoms with Crippen molar-refractivity contribution < 1.29 is 17.9 Å². The maximum absolute atomic E-state index is 12.5. The van der Waals surface area contributed by atoms with E-state index in [9.17, 15) is 8.42 Å². The van der Waals surface area contributed by atoms with Gasteiger partial charge in [-0.15, -0.1) is 0 Å². The lowest BCUT2D eigenvalue weighted by Gasteiger charge is -2.26. The van der Waals surface area contributed by atoms with Gasteiger partial charge in [0.15, 0.2) is 5.82 Å². The average molecular weight is 434 g/mol. The molecule has 2 aromatic rings. The number of benzene rings is 1. The molecule has 2 heterocycles. The monoisotopic (exact) mass is 433 g/mol. The number of hydrogen-bond donors (Lipinski definition) is 1. The molecule has 1 aromatic heterocycles. The van der Waals surface area contributed by atoms with Gasteiger partial charge in [-0.3, -0.25) is 0 Å². The predicted molar refractivity (Wildman–Crippen MR) is 99.9 cm³/mol. The lowest BCUT2D eigenvalue weighted by Crippen LogP contribution is -2.37. The first-order valence-corrected chi connectivity index (χ1v) is 10.2. The number of aromatic nitrogens is 3. The highest BCUT2D eigenvalue weighted by Gasteiger charge is 2.19. The smallest absolute Gasteiger partial charge is 0.321 e. The van der Waals surface area contributed by atoms with Crippen LogP contribution < -0.4 is 14.4 Å². The molecule has 0 unspecified atom stereocenters. The molecule has 0 amide bonds. The van der Waals surface area contributed by atoms with Crippen molar-refractivity contribution in [3.8, 4) is 6.01 Å². The van der Waals surface area contributed by atoms with Crippen LogP contribution in [0.4, 0.5) is 5.95 Å². The number of rotatable bonds is 6. The van der Waals surface area contributed by atoms with Crippen molar-refractivity contribution in [2.45, 2.75) is 11.4 Å². The quantitative estimate of drug-likeness (QED) is 0.729. The van der Waals surface area contributed by atoms with Crippen molar-refractivity contribution in [3.63, 3.8) is 0 Å². The van der Waals surface area contributed by atoms with E-state index < -0.39 is 10.0 Å². The first kappa shape index (κ1) is 20.0. The van der Waals surface area contributed by atoms with Gasteiger partial charge in [0.2, 0.25) is 16.0 Å². The Bertz CT molecular complexity index is 922. The lowest BCUT2D eigenvalue weighted by atomic mass is 10.4. The molecule has 9 nitrogen and oxygen atoms in total. The SMILES string of the molecule is COc1nc(CNS(=O)(=O)c2ccc(Cl)c(Cl)c2)nc(N2CCOCC2)n1. The fraction of sp³-hybridized carbons (Fsp3) is 0.400. The van der Waals surface area contributed by atoms with Gasteiger partial charge in [-0.25, -0.2) is 13.1 Å². The minimum Gasteiger partial charge on any atom is -0.467 e. The topological polar surface area (TPSA) is 107 Å². The Morgan fingerprint density at radius 1 is 1.19 bits per heavy atom. The second-order valence-electron chi connectivity index (χ2n) is 5.54. The zero-order chi connectivity index (χ0) is 19.4. The zero-order valence-electron chi connectivity index (χ0n) is 14.4. The van der Waals surface area contributed by atoms with Gasteiger partial charge in [-0.2, -0.15) is 15.0 Å². The van der Waals surface area contributed by atoms with Crippen LogP contribution in [0.2, 0.25) is 10.0 Å². The second kappa shape index (κ2) is 8.53. The summed E-state index contributed by atoms with van der Waals surface area (Å²) in [6.07, 6.45) is 0. The number of nitrogens with zero attached hydrogens (tertiary/aromatic N) is 4. The number of sulfonamides is 1. The molecule has 0 spiro atoms. The first-order chi connectivity index (χ1) is 12.9. The third kappa shape index (κ3) is 4.96. The Morgan fingerprint density at radius 2 is 1.93 bits per heavy atom. The second-order valence-corrected chi connectivity index (χ2v) is 8.12.